The number of phenols is 2. The van der Waals surface area contributed by atoms with Gasteiger partial charge in [-0.1, -0.05) is 64.1 Å². The predicted molar refractivity (Wildman–Crippen MR) is 82.4 cm³/mol. The van der Waals surface area contributed by atoms with E-state index in [1.165, 1.54) is 0 Å². The van der Waals surface area contributed by atoms with E-state index in [0.29, 0.717) is 5.75 Å². The van der Waals surface area contributed by atoms with Crippen molar-refractivity contribution < 1.29 is 10.2 Å². The molecular formula is C18H22O2. The van der Waals surface area contributed by atoms with Crippen molar-refractivity contribution in [2.24, 2.45) is 0 Å². The first-order valence-electron chi connectivity index (χ1n) is 6.92. The summed E-state index contributed by atoms with van der Waals surface area (Å²) < 4.78 is 0. The Morgan fingerprint density at radius 1 is 0.850 bits per heavy atom. The van der Waals surface area contributed by atoms with Gasteiger partial charge in [-0.2, -0.15) is 0 Å². The summed E-state index contributed by atoms with van der Waals surface area (Å²) in [5, 5.41) is 20.5. The highest BCUT2D eigenvalue weighted by Gasteiger charge is 2.23. The molecule has 20 heavy (non-hydrogen) atoms. The summed E-state index contributed by atoms with van der Waals surface area (Å²) in [7, 11) is 0. The van der Waals surface area contributed by atoms with Crippen molar-refractivity contribution in [1.29, 1.82) is 0 Å². The van der Waals surface area contributed by atoms with Gasteiger partial charge in [-0.05, 0) is 17.0 Å². The molecule has 0 aromatic heterocycles. The maximum Gasteiger partial charge on any atom is 0.123 e. The number of benzene rings is 2. The van der Waals surface area contributed by atoms with Crippen LogP contribution in [0.4, 0.5) is 0 Å². The second kappa shape index (κ2) is 5.20. The molecule has 1 unspecified atom stereocenters. The lowest BCUT2D eigenvalue weighted by Gasteiger charge is -2.24. The highest BCUT2D eigenvalue weighted by atomic mass is 16.3. The van der Waals surface area contributed by atoms with E-state index in [4.69, 9.17) is 0 Å². The van der Waals surface area contributed by atoms with Crippen LogP contribution in [-0.4, -0.2) is 10.2 Å². The molecule has 0 amide bonds. The molecule has 0 aliphatic heterocycles. The van der Waals surface area contributed by atoms with Crippen LogP contribution in [0.5, 0.6) is 11.5 Å². The van der Waals surface area contributed by atoms with Crippen molar-refractivity contribution in [2.75, 3.05) is 0 Å². The molecule has 2 aromatic carbocycles. The fraction of sp³-hybridized carbons (Fsp3) is 0.333. The highest BCUT2D eigenvalue weighted by Crippen LogP contribution is 2.40. The third-order valence-electron chi connectivity index (χ3n) is 3.75. The summed E-state index contributed by atoms with van der Waals surface area (Å²) in [6.07, 6.45) is 0. The smallest absolute Gasteiger partial charge is 0.123 e. The Kier molecular flexibility index (Phi) is 3.76. The molecule has 2 aromatic rings. The molecule has 0 spiro atoms. The molecule has 2 heteroatoms. The van der Waals surface area contributed by atoms with E-state index in [2.05, 4.69) is 20.8 Å². The number of hydrogen-bond acceptors (Lipinski definition) is 2. The topological polar surface area (TPSA) is 40.5 Å². The summed E-state index contributed by atoms with van der Waals surface area (Å²) in [5.41, 5.74) is 2.49. The molecule has 0 heterocycles. The van der Waals surface area contributed by atoms with Crippen LogP contribution in [0.3, 0.4) is 0 Å². The van der Waals surface area contributed by atoms with Crippen molar-refractivity contribution in [3.63, 3.8) is 0 Å². The summed E-state index contributed by atoms with van der Waals surface area (Å²) in [6.45, 7) is 8.24. The Balaban J connectivity index is 2.52. The molecular weight excluding hydrogens is 248 g/mol. The highest BCUT2D eigenvalue weighted by molar-refractivity contribution is 5.50. The molecule has 0 aliphatic carbocycles. The lowest BCUT2D eigenvalue weighted by Crippen LogP contribution is -2.12. The molecule has 0 aliphatic rings. The molecule has 106 valence electrons. The van der Waals surface area contributed by atoms with E-state index >= 15 is 0 Å². The SMILES string of the molecule is CC(c1ccccc1O)c1cccc(C(C)(C)C)c1O. The zero-order valence-electron chi connectivity index (χ0n) is 12.5. The molecule has 0 radical (unpaired) electrons. The van der Waals surface area contributed by atoms with Crippen molar-refractivity contribution >= 4 is 0 Å². The third-order valence-corrected chi connectivity index (χ3v) is 3.75. The number of para-hydroxylation sites is 2. The molecule has 1 atom stereocenters. The minimum Gasteiger partial charge on any atom is -0.508 e. The van der Waals surface area contributed by atoms with Crippen LogP contribution in [-0.2, 0) is 5.41 Å². The van der Waals surface area contributed by atoms with Gasteiger partial charge in [-0.3, -0.25) is 0 Å². The zero-order chi connectivity index (χ0) is 14.9. The van der Waals surface area contributed by atoms with Gasteiger partial charge in [-0.15, -0.1) is 0 Å². The fourth-order valence-electron chi connectivity index (χ4n) is 2.54. The molecule has 0 fully saturated rings. The number of rotatable bonds is 2. The first-order chi connectivity index (χ1) is 9.32. The first kappa shape index (κ1) is 14.4. The van der Waals surface area contributed by atoms with Gasteiger partial charge in [0, 0.05) is 17.0 Å². The average Bonchev–Trinajstić information content (AvgIpc) is 2.37. The Morgan fingerprint density at radius 3 is 2.05 bits per heavy atom. The average molecular weight is 270 g/mol. The molecule has 0 saturated carbocycles. The molecule has 0 saturated heterocycles. The molecule has 0 bridgehead atoms. The summed E-state index contributed by atoms with van der Waals surface area (Å²) in [6, 6.07) is 13.1. The second-order valence-electron chi connectivity index (χ2n) is 6.27. The first-order valence-corrected chi connectivity index (χ1v) is 6.92. The standard InChI is InChI=1S/C18H22O2/c1-12(13-8-5-6-11-16(13)19)14-9-7-10-15(17(14)20)18(2,3)4/h5-12,19-20H,1-4H3. The van der Waals surface area contributed by atoms with Crippen molar-refractivity contribution in [1.82, 2.24) is 0 Å². The Bertz CT molecular complexity index is 609. The van der Waals surface area contributed by atoms with Crippen LogP contribution < -0.4 is 0 Å². The third kappa shape index (κ3) is 2.64. The van der Waals surface area contributed by atoms with Gasteiger partial charge in [0.2, 0.25) is 0 Å². The molecule has 2 N–H and O–H groups in total. The van der Waals surface area contributed by atoms with E-state index in [0.717, 1.165) is 16.7 Å². The normalized spacial score (nSPS) is 13.2. The Hall–Kier alpha value is -1.96. The van der Waals surface area contributed by atoms with Gasteiger partial charge in [0.1, 0.15) is 11.5 Å². The van der Waals surface area contributed by atoms with E-state index < -0.39 is 0 Å². The minimum absolute atomic E-state index is 0.0569. The van der Waals surface area contributed by atoms with E-state index in [1.54, 1.807) is 12.1 Å². The van der Waals surface area contributed by atoms with Crippen molar-refractivity contribution in [2.45, 2.75) is 39.0 Å². The number of aromatic hydroxyl groups is 2. The van der Waals surface area contributed by atoms with Crippen LogP contribution in [0.2, 0.25) is 0 Å². The van der Waals surface area contributed by atoms with Gasteiger partial charge in [0.05, 0.1) is 0 Å². The lowest BCUT2D eigenvalue weighted by molar-refractivity contribution is 0.436. The maximum absolute atomic E-state index is 10.6. The molecule has 2 rings (SSSR count). The van der Waals surface area contributed by atoms with Crippen LogP contribution in [0.1, 0.15) is 50.3 Å². The summed E-state index contributed by atoms with van der Waals surface area (Å²) in [5.74, 6) is 0.537. The van der Waals surface area contributed by atoms with Gasteiger partial charge in [0.15, 0.2) is 0 Å². The zero-order valence-corrected chi connectivity index (χ0v) is 12.5. The number of hydrogen-bond donors (Lipinski definition) is 2. The van der Waals surface area contributed by atoms with Gasteiger partial charge >= 0.3 is 0 Å². The monoisotopic (exact) mass is 270 g/mol. The van der Waals surface area contributed by atoms with Crippen LogP contribution >= 0.6 is 0 Å². The second-order valence-corrected chi connectivity index (χ2v) is 6.27. The van der Waals surface area contributed by atoms with Gasteiger partial charge in [0.25, 0.3) is 0 Å². The van der Waals surface area contributed by atoms with Crippen molar-refractivity contribution in [3.05, 3.63) is 59.2 Å². The van der Waals surface area contributed by atoms with E-state index in [9.17, 15) is 10.2 Å². The van der Waals surface area contributed by atoms with Crippen LogP contribution in [0.15, 0.2) is 42.5 Å². The Morgan fingerprint density at radius 2 is 1.45 bits per heavy atom. The quantitative estimate of drug-likeness (QED) is 0.840. The van der Waals surface area contributed by atoms with Crippen LogP contribution in [0, 0.1) is 0 Å². The fourth-order valence-corrected chi connectivity index (χ4v) is 2.54. The minimum atomic E-state index is -0.113. The van der Waals surface area contributed by atoms with Gasteiger partial charge < -0.3 is 10.2 Å². The lowest BCUT2D eigenvalue weighted by atomic mass is 9.82. The predicted octanol–water partition coefficient (Wildman–Crippen LogP) is 4.55. The van der Waals surface area contributed by atoms with Crippen LogP contribution in [0.25, 0.3) is 0 Å². The summed E-state index contributed by atoms with van der Waals surface area (Å²) >= 11 is 0. The number of phenolic OH excluding ortho intramolecular Hbond substituents is 2. The molecule has 2 nitrogen and oxygen atoms in total. The summed E-state index contributed by atoms with van der Waals surface area (Å²) in [4.78, 5) is 0. The largest absolute Gasteiger partial charge is 0.508 e. The van der Waals surface area contributed by atoms with E-state index in [1.807, 2.05) is 37.3 Å². The van der Waals surface area contributed by atoms with Gasteiger partial charge in [-0.25, -0.2) is 0 Å². The van der Waals surface area contributed by atoms with Crippen molar-refractivity contribution in [3.8, 4) is 11.5 Å². The maximum atomic E-state index is 10.6. The Labute approximate surface area is 120 Å². The van der Waals surface area contributed by atoms with E-state index in [-0.39, 0.29) is 17.1 Å².